The number of hydrogen-bond donors (Lipinski definition) is 1. The van der Waals surface area contributed by atoms with Crippen molar-refractivity contribution < 1.29 is 9.66 Å². The smallest absolute Gasteiger partial charge is 0.292 e. The largest absolute Gasteiger partial charge is 0.393 e. The van der Waals surface area contributed by atoms with Crippen LogP contribution in [0.1, 0.15) is 19.4 Å². The Bertz CT molecular complexity index is 488. The number of nitro benzene ring substituents is 1. The molecule has 1 fully saturated rings. The highest BCUT2D eigenvalue weighted by Gasteiger charge is 2.27. The van der Waals surface area contributed by atoms with Gasteiger partial charge in [-0.3, -0.25) is 15.0 Å². The third-order valence-electron chi connectivity index (χ3n) is 3.27. The molecule has 2 N–H and O–H groups in total. The summed E-state index contributed by atoms with van der Waals surface area (Å²) in [6.07, 6.45) is 0. The van der Waals surface area contributed by atoms with E-state index in [4.69, 9.17) is 10.5 Å². The lowest BCUT2D eigenvalue weighted by molar-refractivity contribution is -0.384. The van der Waals surface area contributed by atoms with Crippen molar-refractivity contribution in [2.24, 2.45) is 0 Å². The molecule has 2 rings (SSSR count). The summed E-state index contributed by atoms with van der Waals surface area (Å²) in [4.78, 5) is 12.6. The monoisotopic (exact) mass is 265 g/mol. The van der Waals surface area contributed by atoms with Crippen LogP contribution in [0.15, 0.2) is 18.2 Å². The van der Waals surface area contributed by atoms with Crippen LogP contribution >= 0.6 is 0 Å². The van der Waals surface area contributed by atoms with Crippen LogP contribution in [-0.4, -0.2) is 35.1 Å². The van der Waals surface area contributed by atoms with Crippen molar-refractivity contribution in [3.8, 4) is 0 Å². The van der Waals surface area contributed by atoms with E-state index in [2.05, 4.69) is 4.90 Å². The van der Waals surface area contributed by atoms with Crippen LogP contribution in [0.25, 0.3) is 0 Å². The molecule has 1 aliphatic heterocycles. The molecular weight excluding hydrogens is 246 g/mol. The molecule has 0 atom stereocenters. The number of ether oxygens (including phenoxy) is 1. The number of para-hydroxylation sites is 1. The molecule has 104 valence electrons. The van der Waals surface area contributed by atoms with Gasteiger partial charge in [0.05, 0.1) is 17.1 Å². The van der Waals surface area contributed by atoms with E-state index in [1.807, 2.05) is 19.9 Å². The topological polar surface area (TPSA) is 81.6 Å². The molecule has 1 heterocycles. The van der Waals surface area contributed by atoms with E-state index in [-0.39, 0.29) is 17.0 Å². The number of benzene rings is 1. The second-order valence-corrected chi connectivity index (χ2v) is 5.43. The zero-order valence-corrected chi connectivity index (χ0v) is 11.3. The second-order valence-electron chi connectivity index (χ2n) is 5.43. The summed E-state index contributed by atoms with van der Waals surface area (Å²) < 4.78 is 5.64. The van der Waals surface area contributed by atoms with E-state index in [0.29, 0.717) is 13.2 Å². The number of nitrogens with zero attached hydrogens (tertiary/aromatic N) is 2. The quantitative estimate of drug-likeness (QED) is 0.512. The predicted octanol–water partition coefficient (Wildman–Crippen LogP) is 1.79. The lowest BCUT2D eigenvalue weighted by Crippen LogP contribution is -2.47. The highest BCUT2D eigenvalue weighted by Crippen LogP contribution is 2.27. The van der Waals surface area contributed by atoms with Crippen LogP contribution in [0.4, 0.5) is 11.4 Å². The van der Waals surface area contributed by atoms with Gasteiger partial charge in [0, 0.05) is 25.7 Å². The third-order valence-corrected chi connectivity index (χ3v) is 3.27. The molecule has 0 aromatic heterocycles. The fraction of sp³-hybridized carbons (Fsp3) is 0.538. The number of morpholine rings is 1. The maximum absolute atomic E-state index is 10.9. The molecule has 0 bridgehead atoms. The molecule has 0 saturated carbocycles. The summed E-state index contributed by atoms with van der Waals surface area (Å²) in [5.41, 5.74) is 6.72. The first-order chi connectivity index (χ1) is 8.89. The Balaban J connectivity index is 2.15. The van der Waals surface area contributed by atoms with Crippen LogP contribution in [0, 0.1) is 10.1 Å². The Kier molecular flexibility index (Phi) is 3.73. The average Bonchev–Trinajstić information content (AvgIpc) is 2.30. The molecule has 0 unspecified atom stereocenters. The van der Waals surface area contributed by atoms with Crippen molar-refractivity contribution >= 4 is 11.4 Å². The maximum atomic E-state index is 10.9. The van der Waals surface area contributed by atoms with Crippen molar-refractivity contribution in [2.75, 3.05) is 25.4 Å². The van der Waals surface area contributed by atoms with Gasteiger partial charge in [-0.05, 0) is 19.4 Å². The zero-order valence-electron chi connectivity index (χ0n) is 11.3. The predicted molar refractivity (Wildman–Crippen MR) is 72.8 cm³/mol. The Labute approximate surface area is 112 Å². The minimum absolute atomic E-state index is 0.0231. The van der Waals surface area contributed by atoms with Crippen molar-refractivity contribution in [1.29, 1.82) is 0 Å². The molecule has 1 aromatic carbocycles. The fourth-order valence-electron chi connectivity index (χ4n) is 2.39. The van der Waals surface area contributed by atoms with Gasteiger partial charge >= 0.3 is 0 Å². The van der Waals surface area contributed by atoms with Gasteiger partial charge < -0.3 is 10.5 Å². The summed E-state index contributed by atoms with van der Waals surface area (Å²) >= 11 is 0. The molecule has 1 aromatic rings. The van der Waals surface area contributed by atoms with Crippen LogP contribution < -0.4 is 5.73 Å². The van der Waals surface area contributed by atoms with Crippen LogP contribution in [0.2, 0.25) is 0 Å². The van der Waals surface area contributed by atoms with E-state index >= 15 is 0 Å². The summed E-state index contributed by atoms with van der Waals surface area (Å²) in [6.45, 7) is 6.95. The first-order valence-corrected chi connectivity index (χ1v) is 6.27. The Hall–Kier alpha value is -1.66. The normalized spacial score (nSPS) is 19.3. The number of rotatable bonds is 3. The summed E-state index contributed by atoms with van der Waals surface area (Å²) in [5, 5.41) is 10.9. The van der Waals surface area contributed by atoms with Gasteiger partial charge in [0.25, 0.3) is 5.69 Å². The molecular formula is C13H19N3O3. The summed E-state index contributed by atoms with van der Waals surface area (Å²) in [7, 11) is 0. The number of hydrogen-bond acceptors (Lipinski definition) is 5. The Morgan fingerprint density at radius 1 is 1.53 bits per heavy atom. The van der Waals surface area contributed by atoms with Gasteiger partial charge in [-0.25, -0.2) is 0 Å². The minimum Gasteiger partial charge on any atom is -0.393 e. The van der Waals surface area contributed by atoms with Crippen LogP contribution in [-0.2, 0) is 11.3 Å². The summed E-state index contributed by atoms with van der Waals surface area (Å²) in [5.74, 6) is 0. The van der Waals surface area contributed by atoms with Crippen LogP contribution in [0.3, 0.4) is 0 Å². The van der Waals surface area contributed by atoms with Gasteiger partial charge in [-0.2, -0.15) is 0 Å². The molecule has 0 aliphatic carbocycles. The fourth-order valence-corrected chi connectivity index (χ4v) is 2.39. The minimum atomic E-state index is -0.442. The van der Waals surface area contributed by atoms with E-state index < -0.39 is 4.92 Å². The zero-order chi connectivity index (χ0) is 14.0. The van der Waals surface area contributed by atoms with Crippen molar-refractivity contribution in [2.45, 2.75) is 26.0 Å². The van der Waals surface area contributed by atoms with Gasteiger partial charge in [0.15, 0.2) is 0 Å². The lowest BCUT2D eigenvalue weighted by atomic mass is 10.1. The van der Waals surface area contributed by atoms with Gasteiger partial charge in [-0.1, -0.05) is 12.1 Å². The van der Waals surface area contributed by atoms with Crippen molar-refractivity contribution in [3.05, 3.63) is 33.9 Å². The van der Waals surface area contributed by atoms with Gasteiger partial charge in [0.2, 0.25) is 0 Å². The van der Waals surface area contributed by atoms with Crippen LogP contribution in [0.5, 0.6) is 0 Å². The molecule has 0 amide bonds. The van der Waals surface area contributed by atoms with Crippen molar-refractivity contribution in [3.63, 3.8) is 0 Å². The molecule has 19 heavy (non-hydrogen) atoms. The standard InChI is InChI=1S/C13H19N3O3/c1-13(2)9-15(6-7-19-13)8-10-4-3-5-11(12(10)14)16(17)18/h3-5H,6-9,14H2,1-2H3. The molecule has 6 nitrogen and oxygen atoms in total. The third kappa shape index (κ3) is 3.21. The molecule has 1 aliphatic rings. The molecule has 6 heteroatoms. The summed E-state index contributed by atoms with van der Waals surface area (Å²) in [6, 6.07) is 4.95. The second kappa shape index (κ2) is 5.14. The number of anilines is 1. The first kappa shape index (κ1) is 13.8. The number of nitrogen functional groups attached to an aromatic ring is 1. The maximum Gasteiger partial charge on any atom is 0.292 e. The molecule has 0 spiro atoms. The van der Waals surface area contributed by atoms with E-state index in [0.717, 1.165) is 18.7 Å². The first-order valence-electron chi connectivity index (χ1n) is 6.27. The number of nitro groups is 1. The SMILES string of the molecule is CC1(C)CN(Cc2cccc([N+](=O)[O-])c2N)CCO1. The Morgan fingerprint density at radius 3 is 2.89 bits per heavy atom. The number of nitrogens with two attached hydrogens (primary N) is 1. The molecule has 1 saturated heterocycles. The van der Waals surface area contributed by atoms with E-state index in [1.54, 1.807) is 6.07 Å². The van der Waals surface area contributed by atoms with E-state index in [1.165, 1.54) is 6.07 Å². The highest BCUT2D eigenvalue weighted by atomic mass is 16.6. The molecule has 0 radical (unpaired) electrons. The van der Waals surface area contributed by atoms with Gasteiger partial charge in [-0.15, -0.1) is 0 Å². The van der Waals surface area contributed by atoms with E-state index in [9.17, 15) is 10.1 Å². The lowest BCUT2D eigenvalue weighted by Gasteiger charge is -2.38. The average molecular weight is 265 g/mol. The Morgan fingerprint density at radius 2 is 2.26 bits per heavy atom. The highest BCUT2D eigenvalue weighted by molar-refractivity contribution is 5.62. The van der Waals surface area contributed by atoms with Gasteiger partial charge in [0.1, 0.15) is 5.69 Å². The van der Waals surface area contributed by atoms with Crippen molar-refractivity contribution in [1.82, 2.24) is 4.90 Å².